The molecule has 1 aromatic carbocycles. The zero-order chi connectivity index (χ0) is 20.1. The van der Waals surface area contributed by atoms with Crippen LogP contribution in [0.5, 0.6) is 11.5 Å². The zero-order valence-corrected chi connectivity index (χ0v) is 17.5. The minimum atomic E-state index is -0.506. The molecule has 2 N–H and O–H groups in total. The molecule has 1 unspecified atom stereocenters. The number of likely N-dealkylation sites (tertiary alicyclic amines) is 1. The van der Waals surface area contributed by atoms with Crippen molar-refractivity contribution >= 4 is 0 Å². The summed E-state index contributed by atoms with van der Waals surface area (Å²) in [6.45, 7) is 7.52. The maximum Gasteiger partial charge on any atom is 0.161 e. The number of fused-ring (bicyclic) bond motifs is 2. The number of ether oxygens (including phenoxy) is 3. The number of aliphatic hydroxyl groups is 1. The van der Waals surface area contributed by atoms with Gasteiger partial charge < -0.3 is 24.6 Å². The van der Waals surface area contributed by atoms with E-state index in [1.807, 2.05) is 12.1 Å². The highest BCUT2D eigenvalue weighted by molar-refractivity contribution is 5.43. The van der Waals surface area contributed by atoms with Crippen LogP contribution >= 0.6 is 0 Å². The Morgan fingerprint density at radius 1 is 1.14 bits per heavy atom. The Morgan fingerprint density at radius 2 is 1.97 bits per heavy atom. The predicted octanol–water partition coefficient (Wildman–Crippen LogP) is 1.09. The second-order valence-electron chi connectivity index (χ2n) is 8.55. The molecule has 0 aliphatic carbocycles. The number of β-amino-alcohol motifs (C(OH)–C–C–N with tert-alkyl or cyclic N) is 1. The van der Waals surface area contributed by atoms with Crippen LogP contribution in [0.4, 0.5) is 0 Å². The lowest BCUT2D eigenvalue weighted by Gasteiger charge is -2.34. The van der Waals surface area contributed by atoms with E-state index in [9.17, 15) is 5.11 Å². The summed E-state index contributed by atoms with van der Waals surface area (Å²) in [5.41, 5.74) is 1.20. The molecule has 3 atom stereocenters. The first-order chi connectivity index (χ1) is 14.2. The van der Waals surface area contributed by atoms with Crippen LogP contribution in [-0.4, -0.2) is 92.7 Å². The van der Waals surface area contributed by atoms with Crippen LogP contribution in [0.15, 0.2) is 18.2 Å². The van der Waals surface area contributed by atoms with Gasteiger partial charge in [-0.3, -0.25) is 9.80 Å². The SMILES string of the molecule is COc1cc(CN2CCCOCC2)ccc1OCC(O)CN1C[C@H]2CC[C@@H](C1)N2. The predicted molar refractivity (Wildman–Crippen MR) is 112 cm³/mol. The minimum Gasteiger partial charge on any atom is -0.493 e. The lowest BCUT2D eigenvalue weighted by molar-refractivity contribution is 0.0558. The summed E-state index contributed by atoms with van der Waals surface area (Å²) >= 11 is 0. The molecule has 3 heterocycles. The van der Waals surface area contributed by atoms with Crippen molar-refractivity contribution in [1.82, 2.24) is 15.1 Å². The molecular weight excluding hydrogens is 370 g/mol. The summed E-state index contributed by atoms with van der Waals surface area (Å²) in [6.07, 6.45) is 3.07. The molecule has 162 valence electrons. The smallest absolute Gasteiger partial charge is 0.161 e. The van der Waals surface area contributed by atoms with Crippen LogP contribution in [0, 0.1) is 0 Å². The van der Waals surface area contributed by atoms with Crippen molar-refractivity contribution in [3.8, 4) is 11.5 Å². The van der Waals surface area contributed by atoms with Gasteiger partial charge in [-0.15, -0.1) is 0 Å². The average molecular weight is 406 g/mol. The van der Waals surface area contributed by atoms with Crippen molar-refractivity contribution in [1.29, 1.82) is 0 Å². The molecule has 0 radical (unpaired) electrons. The highest BCUT2D eigenvalue weighted by Gasteiger charge is 2.32. The molecule has 3 aliphatic heterocycles. The van der Waals surface area contributed by atoms with Crippen LogP contribution in [-0.2, 0) is 11.3 Å². The number of methoxy groups -OCH3 is 1. The summed E-state index contributed by atoms with van der Waals surface area (Å²) in [5, 5.41) is 14.1. The van der Waals surface area contributed by atoms with E-state index in [0.717, 1.165) is 58.1 Å². The first kappa shape index (κ1) is 20.9. The van der Waals surface area contributed by atoms with Gasteiger partial charge >= 0.3 is 0 Å². The molecule has 0 spiro atoms. The molecule has 29 heavy (non-hydrogen) atoms. The van der Waals surface area contributed by atoms with Crippen LogP contribution in [0.1, 0.15) is 24.8 Å². The molecular formula is C22H35N3O4. The van der Waals surface area contributed by atoms with Crippen molar-refractivity contribution in [2.45, 2.75) is 44.0 Å². The van der Waals surface area contributed by atoms with Crippen LogP contribution in [0.25, 0.3) is 0 Å². The van der Waals surface area contributed by atoms with Gasteiger partial charge in [0.2, 0.25) is 0 Å². The normalized spacial score (nSPS) is 26.8. The number of benzene rings is 1. The van der Waals surface area contributed by atoms with Crippen molar-refractivity contribution in [3.63, 3.8) is 0 Å². The van der Waals surface area contributed by atoms with E-state index in [-0.39, 0.29) is 6.61 Å². The number of piperazine rings is 1. The third kappa shape index (κ3) is 5.83. The standard InChI is InChI=1S/C22H35N3O4/c1-27-22-11-17(12-24-7-2-9-28-10-8-24)3-6-21(22)29-16-20(26)15-25-13-18-4-5-19(14-25)23-18/h3,6,11,18-20,23,26H,2,4-5,7-10,12-16H2,1H3/t18-,19+,20?. The molecule has 0 aromatic heterocycles. The van der Waals surface area contributed by atoms with Gasteiger partial charge in [-0.2, -0.15) is 0 Å². The largest absolute Gasteiger partial charge is 0.493 e. The summed E-state index contributed by atoms with van der Waals surface area (Å²) < 4.78 is 17.0. The number of nitrogens with zero attached hydrogens (tertiary/aromatic N) is 2. The van der Waals surface area contributed by atoms with E-state index >= 15 is 0 Å². The Hall–Kier alpha value is -1.38. The summed E-state index contributed by atoms with van der Waals surface area (Å²) in [5.74, 6) is 1.41. The highest BCUT2D eigenvalue weighted by Crippen LogP contribution is 2.29. The Bertz CT molecular complexity index is 639. The quantitative estimate of drug-likeness (QED) is 0.671. The molecule has 3 fully saturated rings. The number of hydrogen-bond donors (Lipinski definition) is 2. The van der Waals surface area contributed by atoms with Crippen LogP contribution in [0.3, 0.4) is 0 Å². The Labute approximate surface area is 173 Å². The fourth-order valence-electron chi connectivity index (χ4n) is 4.72. The van der Waals surface area contributed by atoms with Gasteiger partial charge in [-0.25, -0.2) is 0 Å². The summed E-state index contributed by atoms with van der Waals surface area (Å²) in [4.78, 5) is 4.77. The van der Waals surface area contributed by atoms with E-state index in [1.165, 1.54) is 18.4 Å². The monoisotopic (exact) mass is 405 g/mol. The number of aliphatic hydroxyl groups excluding tert-OH is 1. The Balaban J connectivity index is 1.27. The van der Waals surface area contributed by atoms with E-state index in [1.54, 1.807) is 7.11 Å². The van der Waals surface area contributed by atoms with Gasteiger partial charge in [0.25, 0.3) is 0 Å². The van der Waals surface area contributed by atoms with E-state index in [4.69, 9.17) is 14.2 Å². The number of rotatable bonds is 8. The lowest BCUT2D eigenvalue weighted by Crippen LogP contribution is -2.53. The fourth-order valence-corrected chi connectivity index (χ4v) is 4.72. The second kappa shape index (κ2) is 10.1. The molecule has 3 saturated heterocycles. The maximum atomic E-state index is 10.5. The van der Waals surface area contributed by atoms with Crippen LogP contribution < -0.4 is 14.8 Å². The first-order valence-corrected chi connectivity index (χ1v) is 11.0. The zero-order valence-electron chi connectivity index (χ0n) is 17.5. The highest BCUT2D eigenvalue weighted by atomic mass is 16.5. The number of nitrogens with one attached hydrogen (secondary N) is 1. The average Bonchev–Trinajstić information content (AvgIpc) is 2.91. The van der Waals surface area contributed by atoms with Gasteiger partial charge in [-0.05, 0) is 37.0 Å². The maximum absolute atomic E-state index is 10.5. The van der Waals surface area contributed by atoms with Crippen molar-refractivity contribution < 1.29 is 19.3 Å². The van der Waals surface area contributed by atoms with Gasteiger partial charge in [0.15, 0.2) is 11.5 Å². The second-order valence-corrected chi connectivity index (χ2v) is 8.55. The molecule has 0 saturated carbocycles. The molecule has 4 rings (SSSR count). The Kier molecular flexibility index (Phi) is 7.26. The topological polar surface area (TPSA) is 66.4 Å². The van der Waals surface area contributed by atoms with E-state index < -0.39 is 6.10 Å². The van der Waals surface area contributed by atoms with Crippen molar-refractivity contribution in [2.75, 3.05) is 59.7 Å². The lowest BCUT2D eigenvalue weighted by atomic mass is 10.2. The van der Waals surface area contributed by atoms with Gasteiger partial charge in [-0.1, -0.05) is 6.07 Å². The molecule has 2 bridgehead atoms. The third-order valence-corrected chi connectivity index (χ3v) is 6.14. The van der Waals surface area contributed by atoms with Crippen molar-refractivity contribution in [3.05, 3.63) is 23.8 Å². The van der Waals surface area contributed by atoms with E-state index in [0.29, 0.717) is 24.4 Å². The minimum absolute atomic E-state index is 0.276. The molecule has 0 amide bonds. The van der Waals surface area contributed by atoms with Crippen LogP contribution in [0.2, 0.25) is 0 Å². The molecule has 3 aliphatic rings. The van der Waals surface area contributed by atoms with Gasteiger partial charge in [0, 0.05) is 58.0 Å². The molecule has 1 aromatic rings. The molecule has 7 nitrogen and oxygen atoms in total. The van der Waals surface area contributed by atoms with Gasteiger partial charge in [0.1, 0.15) is 12.7 Å². The van der Waals surface area contributed by atoms with Crippen molar-refractivity contribution in [2.24, 2.45) is 0 Å². The summed E-state index contributed by atoms with van der Waals surface area (Å²) in [7, 11) is 1.67. The number of hydrogen-bond acceptors (Lipinski definition) is 7. The fraction of sp³-hybridized carbons (Fsp3) is 0.727. The summed E-state index contributed by atoms with van der Waals surface area (Å²) in [6, 6.07) is 7.27. The molecule has 7 heteroatoms. The Morgan fingerprint density at radius 3 is 2.76 bits per heavy atom. The van der Waals surface area contributed by atoms with E-state index in [2.05, 4.69) is 21.2 Å². The van der Waals surface area contributed by atoms with Gasteiger partial charge in [0.05, 0.1) is 13.7 Å². The first-order valence-electron chi connectivity index (χ1n) is 11.0. The third-order valence-electron chi connectivity index (χ3n) is 6.14.